The van der Waals surface area contributed by atoms with Crippen molar-refractivity contribution in [3.63, 3.8) is 0 Å². The van der Waals surface area contributed by atoms with Gasteiger partial charge >= 0.3 is 5.97 Å². The van der Waals surface area contributed by atoms with Crippen LogP contribution in [0, 0.1) is 0 Å². The molecular formula is C17H14O5. The van der Waals surface area contributed by atoms with Crippen LogP contribution in [0.3, 0.4) is 0 Å². The minimum absolute atomic E-state index is 0.0458. The third-order valence-electron chi connectivity index (χ3n) is 3.03. The fraction of sp³-hybridized carbons (Fsp3) is 0.118. The van der Waals surface area contributed by atoms with Gasteiger partial charge in [-0.1, -0.05) is 42.5 Å². The highest BCUT2D eigenvalue weighted by Crippen LogP contribution is 2.21. The third-order valence-corrected chi connectivity index (χ3v) is 3.03. The summed E-state index contributed by atoms with van der Waals surface area (Å²) in [7, 11) is 0. The number of ketones is 2. The number of Topliss-reactive ketones (excluding diaryl/α,β-unsaturated/α-hetero) is 2. The number of carboxylic acid groups (broad SMARTS) is 1. The molecule has 2 aromatic rings. The summed E-state index contributed by atoms with van der Waals surface area (Å²) in [5.41, 5.74) is 0.318. The lowest BCUT2D eigenvalue weighted by Crippen LogP contribution is -2.24. The Morgan fingerprint density at radius 3 is 2.14 bits per heavy atom. The van der Waals surface area contributed by atoms with E-state index in [-0.39, 0.29) is 16.9 Å². The molecule has 2 rings (SSSR count). The Labute approximate surface area is 127 Å². The van der Waals surface area contributed by atoms with Crippen molar-refractivity contribution in [3.05, 3.63) is 65.7 Å². The van der Waals surface area contributed by atoms with E-state index in [9.17, 15) is 14.4 Å². The first-order chi connectivity index (χ1) is 10.5. The second-order valence-electron chi connectivity index (χ2n) is 4.62. The predicted molar refractivity (Wildman–Crippen MR) is 79.3 cm³/mol. The highest BCUT2D eigenvalue weighted by atomic mass is 16.5. The molecule has 22 heavy (non-hydrogen) atoms. The van der Waals surface area contributed by atoms with Crippen molar-refractivity contribution in [2.45, 2.75) is 13.0 Å². The van der Waals surface area contributed by atoms with Gasteiger partial charge in [0.1, 0.15) is 5.75 Å². The molecule has 5 heteroatoms. The Bertz CT molecular complexity index is 706. The average Bonchev–Trinajstić information content (AvgIpc) is 2.54. The number of carboxylic acids is 1. The fourth-order valence-electron chi connectivity index (χ4n) is 1.84. The van der Waals surface area contributed by atoms with Crippen molar-refractivity contribution in [2.75, 3.05) is 0 Å². The summed E-state index contributed by atoms with van der Waals surface area (Å²) in [6, 6.07) is 14.3. The maximum atomic E-state index is 12.3. The molecule has 0 aliphatic rings. The van der Waals surface area contributed by atoms with E-state index in [1.54, 1.807) is 42.5 Å². The van der Waals surface area contributed by atoms with Crippen LogP contribution < -0.4 is 4.74 Å². The topological polar surface area (TPSA) is 80.7 Å². The first-order valence-electron chi connectivity index (χ1n) is 6.63. The molecule has 0 aliphatic heterocycles. The molecule has 0 saturated carbocycles. The smallest absolute Gasteiger partial charge is 0.344 e. The van der Waals surface area contributed by atoms with Gasteiger partial charge in [-0.2, -0.15) is 0 Å². The zero-order valence-corrected chi connectivity index (χ0v) is 11.9. The van der Waals surface area contributed by atoms with E-state index in [1.165, 1.54) is 19.1 Å². The Kier molecular flexibility index (Phi) is 4.68. The summed E-state index contributed by atoms with van der Waals surface area (Å²) in [4.78, 5) is 35.4. The molecule has 5 nitrogen and oxygen atoms in total. The Balaban J connectivity index is 2.30. The van der Waals surface area contributed by atoms with Crippen molar-refractivity contribution in [3.8, 4) is 5.75 Å². The second-order valence-corrected chi connectivity index (χ2v) is 4.62. The molecule has 0 aliphatic carbocycles. The van der Waals surface area contributed by atoms with Gasteiger partial charge in [0.15, 0.2) is 6.10 Å². The summed E-state index contributed by atoms with van der Waals surface area (Å²) >= 11 is 0. The number of rotatable bonds is 6. The minimum Gasteiger partial charge on any atom is -0.479 e. The molecule has 2 aromatic carbocycles. The summed E-state index contributed by atoms with van der Waals surface area (Å²) < 4.78 is 5.24. The highest BCUT2D eigenvalue weighted by Gasteiger charge is 2.23. The van der Waals surface area contributed by atoms with Gasteiger partial charge in [-0.05, 0) is 19.1 Å². The van der Waals surface area contributed by atoms with Gasteiger partial charge in [0.2, 0.25) is 11.6 Å². The Hall–Kier alpha value is -2.95. The summed E-state index contributed by atoms with van der Waals surface area (Å²) in [5.74, 6) is -2.48. The lowest BCUT2D eigenvalue weighted by atomic mass is 10.0. The summed E-state index contributed by atoms with van der Waals surface area (Å²) in [6.45, 7) is 1.35. The molecule has 0 amide bonds. The van der Waals surface area contributed by atoms with E-state index in [1.807, 2.05) is 0 Å². The molecule has 0 spiro atoms. The molecule has 1 atom stereocenters. The molecule has 1 unspecified atom stereocenters. The fourth-order valence-corrected chi connectivity index (χ4v) is 1.84. The summed E-state index contributed by atoms with van der Waals surface area (Å²) in [6.07, 6.45) is -1.12. The molecule has 0 fully saturated rings. The minimum atomic E-state index is -1.16. The monoisotopic (exact) mass is 298 g/mol. The van der Waals surface area contributed by atoms with Gasteiger partial charge in [0.25, 0.3) is 0 Å². The van der Waals surface area contributed by atoms with Crippen molar-refractivity contribution in [1.82, 2.24) is 0 Å². The van der Waals surface area contributed by atoms with E-state index >= 15 is 0 Å². The van der Waals surface area contributed by atoms with Crippen LogP contribution in [-0.2, 0) is 4.79 Å². The van der Waals surface area contributed by atoms with Gasteiger partial charge in [0, 0.05) is 5.56 Å². The first-order valence-corrected chi connectivity index (χ1v) is 6.63. The lowest BCUT2D eigenvalue weighted by molar-refractivity contribution is -0.144. The van der Waals surface area contributed by atoms with E-state index in [0.29, 0.717) is 0 Å². The Morgan fingerprint density at radius 2 is 1.50 bits per heavy atom. The van der Waals surface area contributed by atoms with Crippen LogP contribution in [-0.4, -0.2) is 28.7 Å². The lowest BCUT2D eigenvalue weighted by Gasteiger charge is -2.13. The standard InChI is InChI=1S/C17H14O5/c1-11(17(20)21)22-14-10-6-5-9-13(14)16(19)15(18)12-7-3-2-4-8-12/h2-11H,1H3,(H,20,21). The zero-order valence-electron chi connectivity index (χ0n) is 11.9. The number of hydrogen-bond donors (Lipinski definition) is 1. The van der Waals surface area contributed by atoms with Crippen molar-refractivity contribution in [1.29, 1.82) is 0 Å². The van der Waals surface area contributed by atoms with Crippen molar-refractivity contribution >= 4 is 17.5 Å². The number of carbonyl (C=O) groups excluding carboxylic acids is 2. The van der Waals surface area contributed by atoms with Crippen LogP contribution in [0.1, 0.15) is 27.6 Å². The van der Waals surface area contributed by atoms with Crippen LogP contribution in [0.5, 0.6) is 5.75 Å². The van der Waals surface area contributed by atoms with E-state index in [4.69, 9.17) is 9.84 Å². The average molecular weight is 298 g/mol. The number of hydrogen-bond acceptors (Lipinski definition) is 4. The molecule has 1 N–H and O–H groups in total. The van der Waals surface area contributed by atoms with E-state index < -0.39 is 23.6 Å². The molecule has 0 saturated heterocycles. The highest BCUT2D eigenvalue weighted by molar-refractivity contribution is 6.49. The van der Waals surface area contributed by atoms with Gasteiger partial charge < -0.3 is 9.84 Å². The molecule has 0 bridgehead atoms. The molecule has 0 aromatic heterocycles. The number of benzene rings is 2. The number of carbonyl (C=O) groups is 3. The normalized spacial score (nSPS) is 11.5. The van der Waals surface area contributed by atoms with Gasteiger partial charge in [-0.15, -0.1) is 0 Å². The van der Waals surface area contributed by atoms with E-state index in [0.717, 1.165) is 0 Å². The summed E-state index contributed by atoms with van der Waals surface area (Å²) in [5, 5.41) is 8.88. The second kappa shape index (κ2) is 6.67. The molecule has 0 heterocycles. The maximum absolute atomic E-state index is 12.3. The van der Waals surface area contributed by atoms with Gasteiger partial charge in [0.05, 0.1) is 5.56 Å². The van der Waals surface area contributed by atoms with Crippen LogP contribution in [0.2, 0.25) is 0 Å². The van der Waals surface area contributed by atoms with Crippen LogP contribution >= 0.6 is 0 Å². The quantitative estimate of drug-likeness (QED) is 0.655. The Morgan fingerprint density at radius 1 is 0.909 bits per heavy atom. The zero-order chi connectivity index (χ0) is 16.1. The largest absolute Gasteiger partial charge is 0.479 e. The number of aliphatic carboxylic acids is 1. The van der Waals surface area contributed by atoms with Gasteiger partial charge in [-0.25, -0.2) is 4.79 Å². The number of para-hydroxylation sites is 1. The molecule has 112 valence electrons. The SMILES string of the molecule is CC(Oc1ccccc1C(=O)C(=O)c1ccccc1)C(=O)O. The van der Waals surface area contributed by atoms with Crippen LogP contribution in [0.15, 0.2) is 54.6 Å². The van der Waals surface area contributed by atoms with Gasteiger partial charge in [-0.3, -0.25) is 9.59 Å². The number of ether oxygens (including phenoxy) is 1. The van der Waals surface area contributed by atoms with Crippen LogP contribution in [0.25, 0.3) is 0 Å². The maximum Gasteiger partial charge on any atom is 0.344 e. The molecular weight excluding hydrogens is 284 g/mol. The van der Waals surface area contributed by atoms with E-state index in [2.05, 4.69) is 0 Å². The van der Waals surface area contributed by atoms with Crippen LogP contribution in [0.4, 0.5) is 0 Å². The molecule has 0 radical (unpaired) electrons. The first kappa shape index (κ1) is 15.4. The van der Waals surface area contributed by atoms with Crippen molar-refractivity contribution in [2.24, 2.45) is 0 Å². The van der Waals surface area contributed by atoms with Crippen molar-refractivity contribution < 1.29 is 24.2 Å². The predicted octanol–water partition coefficient (Wildman–Crippen LogP) is 2.60. The third kappa shape index (κ3) is 3.38.